The fraction of sp³-hybridized carbons (Fsp3) is 0.118. The van der Waals surface area contributed by atoms with E-state index in [9.17, 15) is 4.79 Å². The number of carbonyl (C=O) groups is 1. The van der Waals surface area contributed by atoms with Crippen LogP contribution in [0, 0.1) is 12.3 Å². The highest BCUT2D eigenvalue weighted by Gasteiger charge is 2.02. The Morgan fingerprint density at radius 3 is 2.60 bits per heavy atom. The highest BCUT2D eigenvalue weighted by atomic mass is 16.1. The molecule has 0 unspecified atom stereocenters. The SMILES string of the molecule is C#Cc1cccc(NCc2ccc(C(=O)NC)cc2)c1. The molecule has 2 aromatic carbocycles. The zero-order valence-corrected chi connectivity index (χ0v) is 11.3. The summed E-state index contributed by atoms with van der Waals surface area (Å²) in [7, 11) is 1.62. The van der Waals surface area contributed by atoms with E-state index in [2.05, 4.69) is 16.6 Å². The van der Waals surface area contributed by atoms with E-state index < -0.39 is 0 Å². The Kier molecular flexibility index (Phi) is 4.41. The van der Waals surface area contributed by atoms with E-state index in [1.54, 1.807) is 7.05 Å². The van der Waals surface area contributed by atoms with Crippen LogP contribution in [0.5, 0.6) is 0 Å². The number of hydrogen-bond donors (Lipinski definition) is 2. The van der Waals surface area contributed by atoms with E-state index in [-0.39, 0.29) is 5.91 Å². The molecule has 0 bridgehead atoms. The van der Waals surface area contributed by atoms with Crippen molar-refractivity contribution in [3.05, 3.63) is 65.2 Å². The third-order valence-corrected chi connectivity index (χ3v) is 2.97. The Morgan fingerprint density at radius 2 is 1.95 bits per heavy atom. The standard InChI is InChI=1S/C17H16N2O/c1-3-13-5-4-6-16(11-13)19-12-14-7-9-15(10-8-14)17(20)18-2/h1,4-11,19H,12H2,2H3,(H,18,20). The van der Waals surface area contributed by atoms with Gasteiger partial charge in [0.15, 0.2) is 0 Å². The van der Waals surface area contributed by atoms with Crippen LogP contribution < -0.4 is 10.6 Å². The number of nitrogens with one attached hydrogen (secondary N) is 2. The number of rotatable bonds is 4. The largest absolute Gasteiger partial charge is 0.381 e. The quantitative estimate of drug-likeness (QED) is 0.834. The number of carbonyl (C=O) groups excluding carboxylic acids is 1. The molecule has 0 saturated heterocycles. The molecule has 3 nitrogen and oxygen atoms in total. The molecule has 0 aliphatic rings. The zero-order chi connectivity index (χ0) is 14.4. The van der Waals surface area contributed by atoms with Crippen LogP contribution in [0.15, 0.2) is 48.5 Å². The van der Waals surface area contributed by atoms with E-state index >= 15 is 0 Å². The van der Waals surface area contributed by atoms with Gasteiger partial charge in [-0.05, 0) is 35.9 Å². The van der Waals surface area contributed by atoms with Crippen molar-refractivity contribution < 1.29 is 4.79 Å². The molecule has 0 atom stereocenters. The van der Waals surface area contributed by atoms with Gasteiger partial charge in [-0.15, -0.1) is 6.42 Å². The van der Waals surface area contributed by atoms with Gasteiger partial charge in [-0.2, -0.15) is 0 Å². The summed E-state index contributed by atoms with van der Waals surface area (Å²) in [5.74, 6) is 2.53. The summed E-state index contributed by atoms with van der Waals surface area (Å²) in [4.78, 5) is 11.4. The predicted molar refractivity (Wildman–Crippen MR) is 81.5 cm³/mol. The van der Waals surface area contributed by atoms with Gasteiger partial charge >= 0.3 is 0 Å². The first-order chi connectivity index (χ1) is 9.72. The molecule has 3 heteroatoms. The molecule has 0 radical (unpaired) electrons. The van der Waals surface area contributed by atoms with Crippen molar-refractivity contribution in [1.82, 2.24) is 5.32 Å². The molecular formula is C17H16N2O. The van der Waals surface area contributed by atoms with Crippen LogP contribution >= 0.6 is 0 Å². The first kappa shape index (κ1) is 13.7. The van der Waals surface area contributed by atoms with Gasteiger partial charge in [0.2, 0.25) is 0 Å². The molecule has 100 valence electrons. The van der Waals surface area contributed by atoms with E-state index in [1.807, 2.05) is 48.5 Å². The number of hydrogen-bond acceptors (Lipinski definition) is 2. The highest BCUT2D eigenvalue weighted by molar-refractivity contribution is 5.93. The molecule has 2 N–H and O–H groups in total. The lowest BCUT2D eigenvalue weighted by Gasteiger charge is -2.07. The Morgan fingerprint density at radius 1 is 1.20 bits per heavy atom. The number of benzene rings is 2. The second-order valence-electron chi connectivity index (χ2n) is 4.35. The smallest absolute Gasteiger partial charge is 0.251 e. The van der Waals surface area contributed by atoms with Crippen LogP contribution in [0.2, 0.25) is 0 Å². The van der Waals surface area contributed by atoms with Gasteiger partial charge in [-0.25, -0.2) is 0 Å². The second kappa shape index (κ2) is 6.44. The van der Waals surface area contributed by atoms with Crippen LogP contribution in [0.25, 0.3) is 0 Å². The van der Waals surface area contributed by atoms with Gasteiger partial charge in [-0.1, -0.05) is 24.1 Å². The van der Waals surface area contributed by atoms with Gasteiger partial charge in [0, 0.05) is 30.4 Å². The summed E-state index contributed by atoms with van der Waals surface area (Å²) in [6.45, 7) is 0.683. The minimum absolute atomic E-state index is 0.0776. The lowest BCUT2D eigenvalue weighted by Crippen LogP contribution is -2.17. The molecule has 1 amide bonds. The van der Waals surface area contributed by atoms with Crippen molar-refractivity contribution in [2.45, 2.75) is 6.54 Å². The van der Waals surface area contributed by atoms with Crippen molar-refractivity contribution in [2.75, 3.05) is 12.4 Å². The topological polar surface area (TPSA) is 41.1 Å². The average molecular weight is 264 g/mol. The van der Waals surface area contributed by atoms with E-state index in [4.69, 9.17) is 6.42 Å². The van der Waals surface area contributed by atoms with Gasteiger partial charge in [0.05, 0.1) is 0 Å². The summed E-state index contributed by atoms with van der Waals surface area (Å²) >= 11 is 0. The van der Waals surface area contributed by atoms with Gasteiger partial charge < -0.3 is 10.6 Å². The Bertz CT molecular complexity index is 639. The van der Waals surface area contributed by atoms with E-state index in [0.29, 0.717) is 12.1 Å². The molecule has 0 aliphatic carbocycles. The van der Waals surface area contributed by atoms with Crippen LogP contribution in [0.4, 0.5) is 5.69 Å². The highest BCUT2D eigenvalue weighted by Crippen LogP contribution is 2.12. The van der Waals surface area contributed by atoms with Crippen molar-refractivity contribution in [1.29, 1.82) is 0 Å². The van der Waals surface area contributed by atoms with Crippen molar-refractivity contribution in [3.8, 4) is 12.3 Å². The lowest BCUT2D eigenvalue weighted by atomic mass is 10.1. The second-order valence-corrected chi connectivity index (χ2v) is 4.35. The zero-order valence-electron chi connectivity index (χ0n) is 11.3. The molecule has 2 rings (SSSR count). The van der Waals surface area contributed by atoms with Crippen LogP contribution in [0.3, 0.4) is 0 Å². The summed E-state index contributed by atoms with van der Waals surface area (Å²) in [5, 5.41) is 5.90. The normalized spacial score (nSPS) is 9.60. The summed E-state index contributed by atoms with van der Waals surface area (Å²) in [6, 6.07) is 15.2. The fourth-order valence-corrected chi connectivity index (χ4v) is 1.84. The van der Waals surface area contributed by atoms with E-state index in [1.165, 1.54) is 0 Å². The van der Waals surface area contributed by atoms with Crippen molar-refractivity contribution in [3.63, 3.8) is 0 Å². The number of amides is 1. The Hall–Kier alpha value is -2.73. The van der Waals surface area contributed by atoms with Crippen LogP contribution in [-0.2, 0) is 6.54 Å². The predicted octanol–water partition coefficient (Wildman–Crippen LogP) is 2.64. The number of anilines is 1. The molecular weight excluding hydrogens is 248 g/mol. The minimum Gasteiger partial charge on any atom is -0.381 e. The fourth-order valence-electron chi connectivity index (χ4n) is 1.84. The Balaban J connectivity index is 2.00. The maximum Gasteiger partial charge on any atom is 0.251 e. The molecule has 20 heavy (non-hydrogen) atoms. The molecule has 0 aromatic heterocycles. The maximum atomic E-state index is 11.4. The van der Waals surface area contributed by atoms with Crippen LogP contribution in [-0.4, -0.2) is 13.0 Å². The third kappa shape index (κ3) is 3.39. The summed E-state index contributed by atoms with van der Waals surface area (Å²) < 4.78 is 0. The average Bonchev–Trinajstić information content (AvgIpc) is 2.53. The van der Waals surface area contributed by atoms with Gasteiger partial charge in [-0.3, -0.25) is 4.79 Å². The molecule has 0 fully saturated rings. The van der Waals surface area contributed by atoms with E-state index in [0.717, 1.165) is 16.8 Å². The van der Waals surface area contributed by atoms with Crippen molar-refractivity contribution >= 4 is 11.6 Å². The molecule has 2 aromatic rings. The number of terminal acetylenes is 1. The monoisotopic (exact) mass is 264 g/mol. The van der Waals surface area contributed by atoms with Gasteiger partial charge in [0.25, 0.3) is 5.91 Å². The van der Waals surface area contributed by atoms with Crippen molar-refractivity contribution in [2.24, 2.45) is 0 Å². The maximum absolute atomic E-state index is 11.4. The summed E-state index contributed by atoms with van der Waals surface area (Å²) in [5.41, 5.74) is 3.59. The first-order valence-corrected chi connectivity index (χ1v) is 6.34. The van der Waals surface area contributed by atoms with Crippen LogP contribution in [0.1, 0.15) is 21.5 Å². The minimum atomic E-state index is -0.0776. The molecule has 0 saturated carbocycles. The molecule has 0 aliphatic heterocycles. The molecule has 0 heterocycles. The van der Waals surface area contributed by atoms with Gasteiger partial charge in [0.1, 0.15) is 0 Å². The lowest BCUT2D eigenvalue weighted by molar-refractivity contribution is 0.0963. The Labute approximate surface area is 119 Å². The third-order valence-electron chi connectivity index (χ3n) is 2.97. The first-order valence-electron chi connectivity index (χ1n) is 6.34. The molecule has 0 spiro atoms. The summed E-state index contributed by atoms with van der Waals surface area (Å²) in [6.07, 6.45) is 5.37.